The number of allylic oxidation sites excluding steroid dienone is 1. The molecule has 0 heterocycles. The molecule has 0 saturated carbocycles. The van der Waals surface area contributed by atoms with Crippen LogP contribution in [0.4, 0.5) is 0 Å². The van der Waals surface area contributed by atoms with Gasteiger partial charge in [0.1, 0.15) is 5.75 Å². The summed E-state index contributed by atoms with van der Waals surface area (Å²) in [7, 11) is 3.13. The first-order chi connectivity index (χ1) is 12.7. The van der Waals surface area contributed by atoms with Gasteiger partial charge in [0.2, 0.25) is 0 Å². The SMILES string of the molecule is C=CCc1ccccc1OCC(=O)NN=Cc1ccc(OC)c(OC)c1. The van der Waals surface area contributed by atoms with E-state index in [4.69, 9.17) is 14.2 Å². The molecule has 1 amide bonds. The molecule has 0 aliphatic carbocycles. The molecular formula is C20H22N2O4. The van der Waals surface area contributed by atoms with Crippen molar-refractivity contribution in [2.45, 2.75) is 6.42 Å². The summed E-state index contributed by atoms with van der Waals surface area (Å²) >= 11 is 0. The van der Waals surface area contributed by atoms with E-state index in [0.717, 1.165) is 11.1 Å². The minimum Gasteiger partial charge on any atom is -0.493 e. The van der Waals surface area contributed by atoms with Gasteiger partial charge < -0.3 is 14.2 Å². The zero-order valence-electron chi connectivity index (χ0n) is 14.9. The van der Waals surface area contributed by atoms with E-state index in [9.17, 15) is 4.79 Å². The lowest BCUT2D eigenvalue weighted by Gasteiger charge is -2.09. The predicted molar refractivity (Wildman–Crippen MR) is 101 cm³/mol. The smallest absolute Gasteiger partial charge is 0.277 e. The number of rotatable bonds is 9. The van der Waals surface area contributed by atoms with Crippen molar-refractivity contribution in [3.8, 4) is 17.2 Å². The van der Waals surface area contributed by atoms with Crippen LogP contribution in [0.25, 0.3) is 0 Å². The summed E-state index contributed by atoms with van der Waals surface area (Å²) in [4.78, 5) is 11.9. The molecule has 2 aromatic carbocycles. The van der Waals surface area contributed by atoms with Crippen LogP contribution in [0.15, 0.2) is 60.2 Å². The molecule has 0 aromatic heterocycles. The number of methoxy groups -OCH3 is 2. The van der Waals surface area contributed by atoms with Crippen molar-refractivity contribution in [2.24, 2.45) is 5.10 Å². The first-order valence-corrected chi connectivity index (χ1v) is 8.03. The summed E-state index contributed by atoms with van der Waals surface area (Å²) in [6.07, 6.45) is 3.98. The van der Waals surface area contributed by atoms with Crippen LogP contribution < -0.4 is 19.6 Å². The summed E-state index contributed by atoms with van der Waals surface area (Å²) in [5.74, 6) is 1.52. The van der Waals surface area contributed by atoms with E-state index in [1.54, 1.807) is 38.5 Å². The van der Waals surface area contributed by atoms with Crippen LogP contribution >= 0.6 is 0 Å². The van der Waals surface area contributed by atoms with E-state index in [-0.39, 0.29) is 12.5 Å². The topological polar surface area (TPSA) is 69.2 Å². The minimum absolute atomic E-state index is 0.128. The summed E-state index contributed by atoms with van der Waals surface area (Å²) in [5, 5.41) is 3.93. The highest BCUT2D eigenvalue weighted by Gasteiger charge is 2.06. The second-order valence-corrected chi connectivity index (χ2v) is 5.30. The number of amides is 1. The van der Waals surface area contributed by atoms with Gasteiger partial charge in [0.05, 0.1) is 20.4 Å². The van der Waals surface area contributed by atoms with Crippen molar-refractivity contribution in [3.05, 3.63) is 66.2 Å². The molecule has 0 bridgehead atoms. The lowest BCUT2D eigenvalue weighted by Crippen LogP contribution is -2.24. The van der Waals surface area contributed by atoms with E-state index in [0.29, 0.717) is 23.7 Å². The number of hydrazone groups is 1. The highest BCUT2D eigenvalue weighted by Crippen LogP contribution is 2.26. The molecular weight excluding hydrogens is 332 g/mol. The molecule has 6 nitrogen and oxygen atoms in total. The van der Waals surface area contributed by atoms with Gasteiger partial charge in [-0.15, -0.1) is 6.58 Å². The molecule has 0 saturated heterocycles. The van der Waals surface area contributed by atoms with Crippen molar-refractivity contribution < 1.29 is 19.0 Å². The molecule has 0 radical (unpaired) electrons. The number of carbonyl (C=O) groups excluding carboxylic acids is 1. The molecule has 0 unspecified atom stereocenters. The van der Waals surface area contributed by atoms with Gasteiger partial charge in [-0.1, -0.05) is 24.3 Å². The molecule has 136 valence electrons. The number of nitrogens with zero attached hydrogens (tertiary/aromatic N) is 1. The van der Waals surface area contributed by atoms with E-state index in [1.807, 2.05) is 24.3 Å². The Labute approximate surface area is 153 Å². The number of ether oxygens (including phenoxy) is 3. The van der Waals surface area contributed by atoms with Crippen molar-refractivity contribution in [1.82, 2.24) is 5.43 Å². The predicted octanol–water partition coefficient (Wildman–Crippen LogP) is 2.96. The van der Waals surface area contributed by atoms with Gasteiger partial charge in [-0.25, -0.2) is 5.43 Å². The Kier molecular flexibility index (Phi) is 7.24. The molecule has 0 aliphatic rings. The molecule has 2 rings (SSSR count). The fraction of sp³-hybridized carbons (Fsp3) is 0.200. The molecule has 0 spiro atoms. The van der Waals surface area contributed by atoms with Crippen LogP contribution in [0.1, 0.15) is 11.1 Å². The fourth-order valence-corrected chi connectivity index (χ4v) is 2.26. The van der Waals surface area contributed by atoms with Crippen LogP contribution in [0, 0.1) is 0 Å². The average molecular weight is 354 g/mol. The second kappa shape index (κ2) is 9.88. The maximum Gasteiger partial charge on any atom is 0.277 e. The summed E-state index contributed by atoms with van der Waals surface area (Å²) in [5.41, 5.74) is 4.17. The number of hydrogen-bond donors (Lipinski definition) is 1. The number of benzene rings is 2. The zero-order valence-corrected chi connectivity index (χ0v) is 14.9. The second-order valence-electron chi connectivity index (χ2n) is 5.30. The van der Waals surface area contributed by atoms with Crippen LogP contribution in [0.2, 0.25) is 0 Å². The fourth-order valence-electron chi connectivity index (χ4n) is 2.26. The van der Waals surface area contributed by atoms with Gasteiger partial charge in [-0.3, -0.25) is 4.79 Å². The van der Waals surface area contributed by atoms with Gasteiger partial charge >= 0.3 is 0 Å². The summed E-state index contributed by atoms with van der Waals surface area (Å²) < 4.78 is 15.9. The third-order valence-electron chi connectivity index (χ3n) is 3.51. The van der Waals surface area contributed by atoms with Crippen molar-refractivity contribution in [3.63, 3.8) is 0 Å². The van der Waals surface area contributed by atoms with Gasteiger partial charge in [0, 0.05) is 0 Å². The Hall–Kier alpha value is -3.28. The first kappa shape index (κ1) is 19.1. The molecule has 1 N–H and O–H groups in total. The van der Waals surface area contributed by atoms with Crippen LogP contribution in [-0.2, 0) is 11.2 Å². The highest BCUT2D eigenvalue weighted by molar-refractivity contribution is 5.83. The standard InChI is InChI=1S/C20H22N2O4/c1-4-7-16-8-5-6-9-17(16)26-14-20(23)22-21-13-15-10-11-18(24-2)19(12-15)25-3/h4-6,8-13H,1,7,14H2,2-3H3,(H,22,23). The third kappa shape index (κ3) is 5.37. The normalized spacial score (nSPS) is 10.4. The minimum atomic E-state index is -0.352. The Bertz CT molecular complexity index is 787. The van der Waals surface area contributed by atoms with E-state index < -0.39 is 0 Å². The Balaban J connectivity index is 1.89. The van der Waals surface area contributed by atoms with Gasteiger partial charge in [0.15, 0.2) is 18.1 Å². The Morgan fingerprint density at radius 2 is 1.88 bits per heavy atom. The first-order valence-electron chi connectivity index (χ1n) is 8.03. The maximum absolute atomic E-state index is 11.9. The largest absolute Gasteiger partial charge is 0.493 e. The Morgan fingerprint density at radius 1 is 1.12 bits per heavy atom. The quantitative estimate of drug-likeness (QED) is 0.427. The molecule has 0 aliphatic heterocycles. The third-order valence-corrected chi connectivity index (χ3v) is 3.51. The number of carbonyl (C=O) groups is 1. The lowest BCUT2D eigenvalue weighted by atomic mass is 10.1. The molecule has 2 aromatic rings. The number of hydrogen-bond acceptors (Lipinski definition) is 5. The molecule has 0 fully saturated rings. The monoisotopic (exact) mass is 354 g/mol. The van der Waals surface area contributed by atoms with E-state index in [1.165, 1.54) is 6.21 Å². The summed E-state index contributed by atoms with van der Waals surface area (Å²) in [6.45, 7) is 3.59. The van der Waals surface area contributed by atoms with Crippen LogP contribution in [0.3, 0.4) is 0 Å². The summed E-state index contributed by atoms with van der Waals surface area (Å²) in [6, 6.07) is 12.9. The lowest BCUT2D eigenvalue weighted by molar-refractivity contribution is -0.123. The Morgan fingerprint density at radius 3 is 2.62 bits per heavy atom. The van der Waals surface area contributed by atoms with E-state index in [2.05, 4.69) is 17.1 Å². The van der Waals surface area contributed by atoms with Gasteiger partial charge in [-0.2, -0.15) is 5.10 Å². The number of nitrogens with one attached hydrogen (secondary N) is 1. The average Bonchev–Trinajstić information content (AvgIpc) is 2.67. The molecule has 6 heteroatoms. The van der Waals surface area contributed by atoms with Crippen LogP contribution in [0.5, 0.6) is 17.2 Å². The molecule has 26 heavy (non-hydrogen) atoms. The van der Waals surface area contributed by atoms with Crippen molar-refractivity contribution in [2.75, 3.05) is 20.8 Å². The van der Waals surface area contributed by atoms with Crippen molar-refractivity contribution in [1.29, 1.82) is 0 Å². The highest BCUT2D eigenvalue weighted by atomic mass is 16.5. The maximum atomic E-state index is 11.9. The molecule has 0 atom stereocenters. The van der Waals surface area contributed by atoms with Gasteiger partial charge in [0.25, 0.3) is 5.91 Å². The van der Waals surface area contributed by atoms with Gasteiger partial charge in [-0.05, 0) is 41.8 Å². The van der Waals surface area contributed by atoms with Crippen molar-refractivity contribution >= 4 is 12.1 Å². The number of para-hydroxylation sites is 1. The van der Waals surface area contributed by atoms with Crippen LogP contribution in [-0.4, -0.2) is 32.9 Å². The van der Waals surface area contributed by atoms with E-state index >= 15 is 0 Å². The zero-order chi connectivity index (χ0) is 18.8.